The fourth-order valence-electron chi connectivity index (χ4n) is 5.12. The minimum absolute atomic E-state index is 0.0479. The molecule has 37 heavy (non-hydrogen) atoms. The van der Waals surface area contributed by atoms with Gasteiger partial charge < -0.3 is 20.7 Å². The maximum absolute atomic E-state index is 14.4. The Bertz CT molecular complexity index is 1290. The molecule has 2 aliphatic carbocycles. The van der Waals surface area contributed by atoms with E-state index in [1.54, 1.807) is 10.8 Å². The molecule has 3 heterocycles. The number of amides is 1. The van der Waals surface area contributed by atoms with Gasteiger partial charge in [0.05, 0.1) is 18.8 Å². The van der Waals surface area contributed by atoms with E-state index in [9.17, 15) is 18.0 Å². The van der Waals surface area contributed by atoms with Crippen LogP contribution in [0, 0.1) is 23.4 Å². The van der Waals surface area contributed by atoms with Gasteiger partial charge in [0.2, 0.25) is 17.8 Å². The van der Waals surface area contributed by atoms with Crippen molar-refractivity contribution in [1.82, 2.24) is 24.8 Å². The van der Waals surface area contributed by atoms with Crippen LogP contribution in [0.3, 0.4) is 0 Å². The van der Waals surface area contributed by atoms with Gasteiger partial charge in [-0.1, -0.05) is 0 Å². The number of carbonyl (C=O) groups is 1. The molecule has 1 amide bonds. The molecule has 3 N–H and O–H groups in total. The van der Waals surface area contributed by atoms with E-state index in [0.29, 0.717) is 54.9 Å². The Kier molecular flexibility index (Phi) is 6.35. The number of hydrogen-bond acceptors (Lipinski definition) is 7. The fraction of sp³-hybridized carbons (Fsp3) is 0.520. The Morgan fingerprint density at radius 2 is 1.70 bits per heavy atom. The van der Waals surface area contributed by atoms with Crippen molar-refractivity contribution < 1.29 is 22.7 Å². The molecule has 9 nitrogen and oxygen atoms in total. The lowest BCUT2D eigenvalue weighted by molar-refractivity contribution is -0.126. The zero-order valence-electron chi connectivity index (χ0n) is 20.1. The Labute approximate surface area is 211 Å². The SMILES string of the molecule is O=C(NC1CC1)C1CCC(Nc2ncc3nc(Nc4c(F)cc(F)cc4F)n(C4CCOC4)c3n2)CC1. The second kappa shape index (κ2) is 9.81. The smallest absolute Gasteiger partial charge is 0.224 e. The van der Waals surface area contributed by atoms with Gasteiger partial charge in [-0.25, -0.2) is 23.1 Å². The number of carbonyl (C=O) groups excluding carboxylic acids is 1. The number of nitrogens with zero attached hydrogens (tertiary/aromatic N) is 4. The number of benzene rings is 1. The van der Waals surface area contributed by atoms with Gasteiger partial charge in [-0.3, -0.25) is 9.36 Å². The lowest BCUT2D eigenvalue weighted by atomic mass is 9.85. The number of rotatable bonds is 7. The van der Waals surface area contributed by atoms with E-state index in [0.717, 1.165) is 38.5 Å². The summed E-state index contributed by atoms with van der Waals surface area (Å²) in [6, 6.07) is 1.58. The number of hydrogen-bond donors (Lipinski definition) is 3. The van der Waals surface area contributed by atoms with E-state index in [4.69, 9.17) is 9.72 Å². The van der Waals surface area contributed by atoms with E-state index in [1.165, 1.54) is 0 Å². The van der Waals surface area contributed by atoms with Gasteiger partial charge in [0.25, 0.3) is 0 Å². The minimum Gasteiger partial charge on any atom is -0.379 e. The third-order valence-electron chi connectivity index (χ3n) is 7.30. The zero-order valence-corrected chi connectivity index (χ0v) is 20.1. The topological polar surface area (TPSA) is 106 Å². The first-order chi connectivity index (χ1) is 17.9. The highest BCUT2D eigenvalue weighted by Gasteiger charge is 2.31. The summed E-state index contributed by atoms with van der Waals surface area (Å²) in [5, 5.41) is 9.16. The third-order valence-corrected chi connectivity index (χ3v) is 7.30. The van der Waals surface area contributed by atoms with E-state index in [1.807, 2.05) is 0 Å². The summed E-state index contributed by atoms with van der Waals surface area (Å²) >= 11 is 0. The molecule has 3 fully saturated rings. The van der Waals surface area contributed by atoms with Crippen molar-refractivity contribution in [2.24, 2.45) is 5.92 Å². The summed E-state index contributed by atoms with van der Waals surface area (Å²) < 4.78 is 49.4. The molecule has 6 rings (SSSR count). The van der Waals surface area contributed by atoms with Crippen molar-refractivity contribution in [3.05, 3.63) is 35.8 Å². The molecule has 1 atom stereocenters. The summed E-state index contributed by atoms with van der Waals surface area (Å²) in [6.45, 7) is 0.936. The first-order valence-electron chi connectivity index (χ1n) is 12.8. The van der Waals surface area contributed by atoms with Crippen LogP contribution in [-0.4, -0.2) is 50.7 Å². The Hall–Kier alpha value is -3.41. The highest BCUT2D eigenvalue weighted by atomic mass is 19.1. The minimum atomic E-state index is -1.06. The van der Waals surface area contributed by atoms with Crippen LogP contribution in [0.2, 0.25) is 0 Å². The molecule has 12 heteroatoms. The molecule has 0 bridgehead atoms. The molecule has 1 aromatic carbocycles. The molecule has 0 spiro atoms. The average Bonchev–Trinajstić information content (AvgIpc) is 3.38. The van der Waals surface area contributed by atoms with Gasteiger partial charge in [0.1, 0.15) is 17.0 Å². The van der Waals surface area contributed by atoms with Crippen LogP contribution in [0.4, 0.5) is 30.8 Å². The van der Waals surface area contributed by atoms with Gasteiger partial charge >= 0.3 is 0 Å². The number of ether oxygens (including phenoxy) is 1. The number of anilines is 3. The van der Waals surface area contributed by atoms with Gasteiger partial charge in [-0.15, -0.1) is 0 Å². The molecular formula is C25H28F3N7O2. The lowest BCUT2D eigenvalue weighted by Crippen LogP contribution is -2.37. The fourth-order valence-corrected chi connectivity index (χ4v) is 5.12. The predicted octanol–water partition coefficient (Wildman–Crippen LogP) is 4.20. The average molecular weight is 516 g/mol. The summed E-state index contributed by atoms with van der Waals surface area (Å²) in [5.74, 6) is -2.32. The molecule has 3 aromatic rings. The van der Waals surface area contributed by atoms with Gasteiger partial charge in [0.15, 0.2) is 17.3 Å². The molecule has 1 aliphatic heterocycles. The highest BCUT2D eigenvalue weighted by Crippen LogP contribution is 2.33. The quantitative estimate of drug-likeness (QED) is 0.433. The maximum atomic E-state index is 14.4. The van der Waals surface area contributed by atoms with Crippen molar-refractivity contribution in [3.8, 4) is 0 Å². The van der Waals surface area contributed by atoms with Gasteiger partial charge in [-0.05, 0) is 44.9 Å². The zero-order chi connectivity index (χ0) is 25.5. The second-order valence-corrected chi connectivity index (χ2v) is 10.1. The molecule has 2 saturated carbocycles. The van der Waals surface area contributed by atoms with Gasteiger partial charge in [0, 0.05) is 36.7 Å². The van der Waals surface area contributed by atoms with Crippen LogP contribution in [0.25, 0.3) is 11.2 Å². The Morgan fingerprint density at radius 3 is 2.38 bits per heavy atom. The first-order valence-corrected chi connectivity index (χ1v) is 12.8. The van der Waals surface area contributed by atoms with Crippen LogP contribution < -0.4 is 16.0 Å². The second-order valence-electron chi connectivity index (χ2n) is 10.1. The summed E-state index contributed by atoms with van der Waals surface area (Å²) in [4.78, 5) is 25.9. The molecule has 1 saturated heterocycles. The van der Waals surface area contributed by atoms with E-state index < -0.39 is 23.1 Å². The molecule has 1 unspecified atom stereocenters. The monoisotopic (exact) mass is 515 g/mol. The van der Waals surface area contributed by atoms with Crippen molar-refractivity contribution in [2.45, 2.75) is 63.1 Å². The normalized spacial score (nSPS) is 23.8. The molecule has 3 aliphatic rings. The van der Waals surface area contributed by atoms with Crippen LogP contribution in [0.5, 0.6) is 0 Å². The van der Waals surface area contributed by atoms with Crippen LogP contribution in [0.15, 0.2) is 18.3 Å². The van der Waals surface area contributed by atoms with Crippen molar-refractivity contribution >= 4 is 34.7 Å². The number of fused-ring (bicyclic) bond motifs is 1. The maximum Gasteiger partial charge on any atom is 0.224 e. The number of halogens is 3. The largest absolute Gasteiger partial charge is 0.379 e. The molecule has 196 valence electrons. The van der Waals surface area contributed by atoms with E-state index in [-0.39, 0.29) is 29.9 Å². The standard InChI is InChI=1S/C25H28F3N7O2/c26-14-9-18(27)21(19(28)10-14)33-25-32-20-11-29-24(34-22(20)35(25)17-7-8-37-12-17)31-16-3-1-13(2-4-16)23(36)30-15-5-6-15/h9-11,13,15-17H,1-8,12H2,(H,30,36)(H,32,33)(H,29,31,34). The predicted molar refractivity (Wildman–Crippen MR) is 130 cm³/mol. The van der Waals surface area contributed by atoms with Crippen molar-refractivity contribution in [3.63, 3.8) is 0 Å². The van der Waals surface area contributed by atoms with Crippen LogP contribution >= 0.6 is 0 Å². The van der Waals surface area contributed by atoms with Gasteiger partial charge in [-0.2, -0.15) is 4.98 Å². The van der Waals surface area contributed by atoms with Crippen molar-refractivity contribution in [1.29, 1.82) is 0 Å². The number of aromatic nitrogens is 4. The van der Waals surface area contributed by atoms with E-state index >= 15 is 0 Å². The molecule has 0 radical (unpaired) electrons. The number of nitrogens with one attached hydrogen (secondary N) is 3. The van der Waals surface area contributed by atoms with Crippen molar-refractivity contribution in [2.75, 3.05) is 23.8 Å². The highest BCUT2D eigenvalue weighted by molar-refractivity contribution is 5.79. The summed E-state index contributed by atoms with van der Waals surface area (Å²) in [7, 11) is 0. The number of imidazole rings is 1. The lowest BCUT2D eigenvalue weighted by Gasteiger charge is -2.28. The Morgan fingerprint density at radius 1 is 0.973 bits per heavy atom. The first kappa shape index (κ1) is 24.0. The molecule has 2 aromatic heterocycles. The Balaban J connectivity index is 1.23. The summed E-state index contributed by atoms with van der Waals surface area (Å²) in [6.07, 6.45) is 7.67. The van der Waals surface area contributed by atoms with Crippen LogP contribution in [-0.2, 0) is 9.53 Å². The van der Waals surface area contributed by atoms with E-state index in [2.05, 4.69) is 25.9 Å². The third kappa shape index (κ3) is 5.07. The van der Waals surface area contributed by atoms with Crippen LogP contribution in [0.1, 0.15) is 51.0 Å². The molecular weight excluding hydrogens is 487 g/mol. The summed E-state index contributed by atoms with van der Waals surface area (Å²) in [5.41, 5.74) is 0.449.